The first kappa shape index (κ1) is 14.8. The van der Waals surface area contributed by atoms with Gasteiger partial charge in [-0.05, 0) is 47.6 Å². The predicted molar refractivity (Wildman–Crippen MR) is 85.8 cm³/mol. The van der Waals surface area contributed by atoms with Crippen LogP contribution in [-0.4, -0.2) is 23.3 Å². The fourth-order valence-electron chi connectivity index (χ4n) is 1.93. The summed E-state index contributed by atoms with van der Waals surface area (Å²) >= 11 is 4.77. The number of thiocarbonyl (C=S) groups is 1. The Kier molecular flexibility index (Phi) is 4.39. The van der Waals surface area contributed by atoms with Crippen molar-refractivity contribution in [1.82, 2.24) is 0 Å². The van der Waals surface area contributed by atoms with Gasteiger partial charge in [-0.1, -0.05) is 18.2 Å². The number of anilines is 1. The van der Waals surface area contributed by atoms with E-state index in [4.69, 9.17) is 27.8 Å². The molecule has 0 fully saturated rings. The molecule has 2 rings (SSSR count). The highest BCUT2D eigenvalue weighted by atomic mass is 32.1. The van der Waals surface area contributed by atoms with E-state index in [2.05, 4.69) is 5.32 Å². The van der Waals surface area contributed by atoms with E-state index in [-0.39, 0.29) is 10.7 Å². The van der Waals surface area contributed by atoms with Gasteiger partial charge in [0.2, 0.25) is 0 Å². The third-order valence-corrected chi connectivity index (χ3v) is 3.03. The van der Waals surface area contributed by atoms with E-state index in [0.717, 1.165) is 16.9 Å². The molecule has 0 heterocycles. The molecule has 5 nitrogen and oxygen atoms in total. The normalized spacial score (nSPS) is 9.95. The lowest BCUT2D eigenvalue weighted by Gasteiger charge is -2.11. The highest BCUT2D eigenvalue weighted by molar-refractivity contribution is 7.80. The van der Waals surface area contributed by atoms with Crippen LogP contribution >= 0.6 is 12.2 Å². The Morgan fingerprint density at radius 1 is 1.19 bits per heavy atom. The Morgan fingerprint density at radius 3 is 2.33 bits per heavy atom. The van der Waals surface area contributed by atoms with Crippen LogP contribution in [0, 0.1) is 0 Å². The first-order valence-corrected chi connectivity index (χ1v) is 6.50. The van der Waals surface area contributed by atoms with Gasteiger partial charge >= 0.3 is 5.97 Å². The van der Waals surface area contributed by atoms with Gasteiger partial charge < -0.3 is 20.9 Å². The summed E-state index contributed by atoms with van der Waals surface area (Å²) in [6.45, 7) is 0. The monoisotopic (exact) mass is 302 g/mol. The van der Waals surface area contributed by atoms with Gasteiger partial charge in [-0.25, -0.2) is 4.79 Å². The van der Waals surface area contributed by atoms with Crippen molar-refractivity contribution in [1.29, 1.82) is 0 Å². The Bertz CT molecular complexity index is 684. The molecule has 0 amide bonds. The van der Waals surface area contributed by atoms with Gasteiger partial charge in [0.15, 0.2) is 5.11 Å². The summed E-state index contributed by atoms with van der Waals surface area (Å²) in [4.78, 5) is 11.2. The van der Waals surface area contributed by atoms with Crippen molar-refractivity contribution in [3.63, 3.8) is 0 Å². The highest BCUT2D eigenvalue weighted by Gasteiger charge is 2.12. The van der Waals surface area contributed by atoms with Crippen molar-refractivity contribution in [3.8, 4) is 16.9 Å². The summed E-state index contributed by atoms with van der Waals surface area (Å²) in [6, 6.07) is 12.4. The average Bonchev–Trinajstić information content (AvgIpc) is 2.46. The van der Waals surface area contributed by atoms with Crippen LogP contribution in [0.5, 0.6) is 5.75 Å². The van der Waals surface area contributed by atoms with E-state index in [1.165, 1.54) is 6.07 Å². The van der Waals surface area contributed by atoms with Crippen LogP contribution in [0.3, 0.4) is 0 Å². The Hall–Kier alpha value is -2.60. The van der Waals surface area contributed by atoms with E-state index in [0.29, 0.717) is 5.69 Å². The zero-order chi connectivity index (χ0) is 15.4. The molecule has 0 bridgehead atoms. The molecule has 0 saturated heterocycles. The topological polar surface area (TPSA) is 84.6 Å². The number of ether oxygens (including phenoxy) is 1. The molecule has 0 atom stereocenters. The molecule has 2 aromatic rings. The average molecular weight is 302 g/mol. The SMILES string of the molecule is COc1ccc(-c2ccc(C(=O)O)c(NC(N)=S)c2)cc1. The number of carbonyl (C=O) groups is 1. The van der Waals surface area contributed by atoms with Gasteiger partial charge in [-0.2, -0.15) is 0 Å². The smallest absolute Gasteiger partial charge is 0.337 e. The summed E-state index contributed by atoms with van der Waals surface area (Å²) < 4.78 is 5.11. The Balaban J connectivity index is 2.44. The first-order valence-electron chi connectivity index (χ1n) is 6.09. The van der Waals surface area contributed by atoms with Gasteiger partial charge in [0.1, 0.15) is 5.75 Å². The molecule has 0 unspecified atom stereocenters. The number of carboxylic acid groups (broad SMARTS) is 1. The molecule has 108 valence electrons. The van der Waals surface area contributed by atoms with Crippen molar-refractivity contribution in [3.05, 3.63) is 48.0 Å². The zero-order valence-electron chi connectivity index (χ0n) is 11.3. The molecule has 4 N–H and O–H groups in total. The number of nitrogens with one attached hydrogen (secondary N) is 1. The van der Waals surface area contributed by atoms with Crippen molar-refractivity contribution in [2.75, 3.05) is 12.4 Å². The van der Waals surface area contributed by atoms with Crippen LogP contribution in [0.4, 0.5) is 5.69 Å². The second-order valence-corrected chi connectivity index (χ2v) is 4.72. The third-order valence-electron chi connectivity index (χ3n) is 2.93. The molecule has 2 aromatic carbocycles. The standard InChI is InChI=1S/C15H14N2O3S/c1-20-11-5-2-9(3-6-11)10-4-7-12(14(18)19)13(8-10)17-15(16)21/h2-8H,1H3,(H,18,19)(H3,16,17,21). The highest BCUT2D eigenvalue weighted by Crippen LogP contribution is 2.27. The van der Waals surface area contributed by atoms with Gasteiger partial charge in [0, 0.05) is 0 Å². The van der Waals surface area contributed by atoms with E-state index in [1.54, 1.807) is 19.2 Å². The summed E-state index contributed by atoms with van der Waals surface area (Å²) in [6.07, 6.45) is 0. The molecule has 0 aromatic heterocycles. The molecule has 0 saturated carbocycles. The van der Waals surface area contributed by atoms with E-state index in [9.17, 15) is 4.79 Å². The van der Waals surface area contributed by atoms with Crippen molar-refractivity contribution < 1.29 is 14.6 Å². The zero-order valence-corrected chi connectivity index (χ0v) is 12.1. The summed E-state index contributed by atoms with van der Waals surface area (Å²) in [5.41, 5.74) is 7.68. The summed E-state index contributed by atoms with van der Waals surface area (Å²) in [7, 11) is 1.60. The van der Waals surface area contributed by atoms with Crippen LogP contribution in [0.25, 0.3) is 11.1 Å². The second kappa shape index (κ2) is 6.23. The molecule has 0 aliphatic rings. The number of aromatic carboxylic acids is 1. The third kappa shape index (κ3) is 3.49. The van der Waals surface area contributed by atoms with Crippen LogP contribution in [-0.2, 0) is 0 Å². The van der Waals surface area contributed by atoms with Crippen molar-refractivity contribution >= 4 is 29.0 Å². The molecular weight excluding hydrogens is 288 g/mol. The second-order valence-electron chi connectivity index (χ2n) is 4.28. The lowest BCUT2D eigenvalue weighted by molar-refractivity contribution is 0.0698. The van der Waals surface area contributed by atoms with Crippen LogP contribution in [0.2, 0.25) is 0 Å². The van der Waals surface area contributed by atoms with Crippen molar-refractivity contribution in [2.24, 2.45) is 5.73 Å². The largest absolute Gasteiger partial charge is 0.497 e. The minimum Gasteiger partial charge on any atom is -0.497 e. The van der Waals surface area contributed by atoms with Crippen molar-refractivity contribution in [2.45, 2.75) is 0 Å². The Morgan fingerprint density at radius 2 is 1.81 bits per heavy atom. The maximum absolute atomic E-state index is 11.2. The number of benzene rings is 2. The van der Waals surface area contributed by atoms with Gasteiger partial charge in [0.25, 0.3) is 0 Å². The van der Waals surface area contributed by atoms with E-state index >= 15 is 0 Å². The number of rotatable bonds is 4. The van der Waals surface area contributed by atoms with Gasteiger partial charge in [-0.15, -0.1) is 0 Å². The number of hydrogen-bond acceptors (Lipinski definition) is 3. The van der Waals surface area contributed by atoms with E-state index < -0.39 is 5.97 Å². The fraction of sp³-hybridized carbons (Fsp3) is 0.0667. The Labute approximate surface area is 127 Å². The first-order chi connectivity index (χ1) is 10.0. The molecule has 6 heteroatoms. The molecule has 0 radical (unpaired) electrons. The van der Waals surface area contributed by atoms with Crippen LogP contribution in [0.15, 0.2) is 42.5 Å². The maximum atomic E-state index is 11.2. The summed E-state index contributed by atoms with van der Waals surface area (Å²) in [5.74, 6) is -0.294. The predicted octanol–water partition coefficient (Wildman–Crippen LogP) is 2.72. The summed E-state index contributed by atoms with van der Waals surface area (Å²) in [5, 5.41) is 11.9. The molecule has 0 aliphatic carbocycles. The van der Waals surface area contributed by atoms with Crippen LogP contribution < -0.4 is 15.8 Å². The molecule has 0 aliphatic heterocycles. The fourth-order valence-corrected chi connectivity index (χ4v) is 2.04. The van der Waals surface area contributed by atoms with Gasteiger partial charge in [-0.3, -0.25) is 0 Å². The lowest BCUT2D eigenvalue weighted by Crippen LogP contribution is -2.20. The molecular formula is C15H14N2O3S. The number of carboxylic acids is 1. The number of nitrogens with two attached hydrogens (primary N) is 1. The maximum Gasteiger partial charge on any atom is 0.337 e. The lowest BCUT2D eigenvalue weighted by atomic mass is 10.0. The van der Waals surface area contributed by atoms with Crippen LogP contribution in [0.1, 0.15) is 10.4 Å². The quantitative estimate of drug-likeness (QED) is 0.753. The minimum absolute atomic E-state index is 0.0179. The number of hydrogen-bond donors (Lipinski definition) is 3. The van der Waals surface area contributed by atoms with E-state index in [1.807, 2.05) is 24.3 Å². The number of methoxy groups -OCH3 is 1. The van der Waals surface area contributed by atoms with Gasteiger partial charge in [0.05, 0.1) is 18.4 Å². The molecule has 21 heavy (non-hydrogen) atoms. The minimum atomic E-state index is -1.05. The molecule has 0 spiro atoms.